The number of benzene rings is 2. The molecule has 10 heteroatoms. The molecule has 0 spiro atoms. The van der Waals surface area contributed by atoms with E-state index in [1.54, 1.807) is 21.1 Å². The van der Waals surface area contributed by atoms with Crippen LogP contribution in [-0.4, -0.2) is 28.7 Å². The van der Waals surface area contributed by atoms with Crippen molar-refractivity contribution in [2.24, 2.45) is 0 Å². The van der Waals surface area contributed by atoms with Crippen molar-refractivity contribution in [3.8, 4) is 5.69 Å². The van der Waals surface area contributed by atoms with Gasteiger partial charge in [0, 0.05) is 12.4 Å². The van der Waals surface area contributed by atoms with Gasteiger partial charge in [-0.1, -0.05) is 41.6 Å². The van der Waals surface area contributed by atoms with Crippen molar-refractivity contribution in [3.05, 3.63) is 82.2 Å². The summed E-state index contributed by atoms with van der Waals surface area (Å²) in [6, 6.07) is 13.1. The number of hydrogen-bond donors (Lipinski definition) is 0. The maximum absolute atomic E-state index is 13.4. The molecular formula is C22H18F2N6OS. The zero-order valence-electron chi connectivity index (χ0n) is 17.2. The van der Waals surface area contributed by atoms with Gasteiger partial charge in [0.05, 0.1) is 22.3 Å². The molecule has 0 saturated heterocycles. The predicted molar refractivity (Wildman–Crippen MR) is 119 cm³/mol. The molecule has 0 amide bonds. The Kier molecular flexibility index (Phi) is 5.01. The molecular weight excluding hydrogens is 434 g/mol. The summed E-state index contributed by atoms with van der Waals surface area (Å²) >= 11 is 1.23. The SMILES string of the molecule is Cc1ccc(-n2c(=O)c3ccccc3n3c(SCc4nccn4C(F)F)nnc23)c(C)c1. The van der Waals surface area contributed by atoms with Crippen LogP contribution in [0.4, 0.5) is 8.78 Å². The normalized spacial score (nSPS) is 11.8. The standard InChI is InChI=1S/C22H18F2N6OS/c1-13-7-8-16(14(2)11-13)29-19(31)15-5-3-4-6-17(15)30-21(29)26-27-22(30)32-12-18-25-9-10-28(18)20(23)24/h3-11,20H,12H2,1-2H3. The summed E-state index contributed by atoms with van der Waals surface area (Å²) in [5.74, 6) is 0.768. The highest BCUT2D eigenvalue weighted by molar-refractivity contribution is 7.98. The topological polar surface area (TPSA) is 70.0 Å². The highest BCUT2D eigenvalue weighted by Crippen LogP contribution is 2.27. The largest absolute Gasteiger partial charge is 0.319 e. The third kappa shape index (κ3) is 3.27. The molecule has 0 atom stereocenters. The Hall–Kier alpha value is -3.53. The fourth-order valence-corrected chi connectivity index (χ4v) is 4.70. The Morgan fingerprint density at radius 2 is 1.91 bits per heavy atom. The van der Waals surface area contributed by atoms with Crippen molar-refractivity contribution in [2.45, 2.75) is 31.3 Å². The second-order valence-electron chi connectivity index (χ2n) is 7.38. The summed E-state index contributed by atoms with van der Waals surface area (Å²) in [5, 5.41) is 9.59. The minimum absolute atomic E-state index is 0.176. The fraction of sp³-hybridized carbons (Fsp3) is 0.182. The second kappa shape index (κ2) is 7.86. The van der Waals surface area contributed by atoms with Crippen LogP contribution in [0.25, 0.3) is 22.4 Å². The van der Waals surface area contributed by atoms with E-state index in [0.29, 0.717) is 27.5 Å². The maximum Gasteiger partial charge on any atom is 0.319 e. The monoisotopic (exact) mass is 452 g/mol. The van der Waals surface area contributed by atoms with Crippen LogP contribution in [-0.2, 0) is 5.75 Å². The smallest absolute Gasteiger partial charge is 0.277 e. The van der Waals surface area contributed by atoms with Crippen molar-refractivity contribution >= 4 is 28.4 Å². The third-order valence-corrected chi connectivity index (χ3v) is 6.20. The molecule has 3 heterocycles. The van der Waals surface area contributed by atoms with E-state index >= 15 is 0 Å². The molecule has 0 N–H and O–H groups in total. The summed E-state index contributed by atoms with van der Waals surface area (Å²) in [6.07, 6.45) is 2.59. The minimum Gasteiger partial charge on any atom is -0.277 e. The first-order valence-electron chi connectivity index (χ1n) is 9.85. The minimum atomic E-state index is -2.67. The molecule has 0 unspecified atom stereocenters. The number of halogens is 2. The first-order chi connectivity index (χ1) is 15.5. The number of alkyl halides is 2. The molecule has 7 nitrogen and oxygen atoms in total. The number of fused-ring (bicyclic) bond motifs is 3. The molecule has 162 valence electrons. The van der Waals surface area contributed by atoms with E-state index in [0.717, 1.165) is 15.7 Å². The molecule has 32 heavy (non-hydrogen) atoms. The van der Waals surface area contributed by atoms with Crippen LogP contribution in [0, 0.1) is 13.8 Å². The van der Waals surface area contributed by atoms with E-state index in [-0.39, 0.29) is 17.1 Å². The van der Waals surface area contributed by atoms with Crippen LogP contribution in [0.1, 0.15) is 23.5 Å². The average molecular weight is 452 g/mol. The Labute approximate surface area is 185 Å². The Morgan fingerprint density at radius 1 is 1.09 bits per heavy atom. The van der Waals surface area contributed by atoms with Gasteiger partial charge >= 0.3 is 6.55 Å². The van der Waals surface area contributed by atoms with Crippen molar-refractivity contribution in [1.29, 1.82) is 0 Å². The Balaban J connectivity index is 1.71. The lowest BCUT2D eigenvalue weighted by molar-refractivity contribution is 0.0678. The maximum atomic E-state index is 13.4. The van der Waals surface area contributed by atoms with Crippen LogP contribution in [0.2, 0.25) is 0 Å². The van der Waals surface area contributed by atoms with E-state index < -0.39 is 6.55 Å². The molecule has 0 fully saturated rings. The van der Waals surface area contributed by atoms with E-state index in [4.69, 9.17) is 0 Å². The zero-order valence-corrected chi connectivity index (χ0v) is 18.1. The van der Waals surface area contributed by atoms with Crippen molar-refractivity contribution in [1.82, 2.24) is 28.7 Å². The third-order valence-electron chi connectivity index (χ3n) is 5.28. The van der Waals surface area contributed by atoms with E-state index in [9.17, 15) is 13.6 Å². The lowest BCUT2D eigenvalue weighted by Crippen LogP contribution is -2.22. The van der Waals surface area contributed by atoms with Crippen LogP contribution in [0.3, 0.4) is 0 Å². The lowest BCUT2D eigenvalue weighted by Gasteiger charge is -2.13. The molecule has 5 rings (SSSR count). The van der Waals surface area contributed by atoms with E-state index in [1.807, 2.05) is 44.2 Å². The molecule has 2 aromatic carbocycles. The van der Waals surface area contributed by atoms with Gasteiger partial charge in [-0.2, -0.15) is 8.78 Å². The number of imidazole rings is 1. The van der Waals surface area contributed by atoms with E-state index in [2.05, 4.69) is 15.2 Å². The summed E-state index contributed by atoms with van der Waals surface area (Å²) in [6.45, 7) is 1.26. The van der Waals surface area contributed by atoms with Gasteiger partial charge in [-0.05, 0) is 37.6 Å². The van der Waals surface area contributed by atoms with Crippen LogP contribution < -0.4 is 5.56 Å². The molecule has 0 radical (unpaired) electrons. The number of rotatable bonds is 5. The number of aryl methyl sites for hydroxylation is 2. The van der Waals surface area contributed by atoms with Crippen molar-refractivity contribution in [2.75, 3.05) is 0 Å². The Bertz CT molecular complexity index is 1520. The van der Waals surface area contributed by atoms with Gasteiger partial charge in [0.1, 0.15) is 5.82 Å². The molecule has 5 aromatic rings. The summed E-state index contributed by atoms with van der Waals surface area (Å²) in [7, 11) is 0. The van der Waals surface area contributed by atoms with Gasteiger partial charge < -0.3 is 0 Å². The number of hydrogen-bond acceptors (Lipinski definition) is 5. The van der Waals surface area contributed by atoms with Crippen molar-refractivity contribution < 1.29 is 8.78 Å². The first kappa shape index (κ1) is 20.4. The number of nitrogens with zero attached hydrogens (tertiary/aromatic N) is 6. The first-order valence-corrected chi connectivity index (χ1v) is 10.8. The van der Waals surface area contributed by atoms with Gasteiger partial charge in [0.2, 0.25) is 5.78 Å². The fourth-order valence-electron chi connectivity index (χ4n) is 3.81. The Morgan fingerprint density at radius 3 is 2.69 bits per heavy atom. The molecule has 0 saturated carbocycles. The predicted octanol–water partition coefficient (Wildman–Crippen LogP) is 4.53. The van der Waals surface area contributed by atoms with Gasteiger partial charge in [0.15, 0.2) is 5.16 Å². The number of para-hydroxylation sites is 1. The average Bonchev–Trinajstić information content (AvgIpc) is 3.41. The van der Waals surface area contributed by atoms with Crippen LogP contribution in [0.15, 0.2) is 64.8 Å². The van der Waals surface area contributed by atoms with Gasteiger partial charge in [-0.15, -0.1) is 10.2 Å². The van der Waals surface area contributed by atoms with Gasteiger partial charge in [-0.3, -0.25) is 13.8 Å². The molecule has 0 aliphatic rings. The summed E-state index contributed by atoms with van der Waals surface area (Å²) in [5.41, 5.74) is 3.19. The molecule has 0 aliphatic carbocycles. The van der Waals surface area contributed by atoms with Crippen LogP contribution in [0.5, 0.6) is 0 Å². The van der Waals surface area contributed by atoms with Crippen LogP contribution >= 0.6 is 11.8 Å². The molecule has 0 aliphatic heterocycles. The second-order valence-corrected chi connectivity index (χ2v) is 8.33. The number of aromatic nitrogens is 6. The summed E-state index contributed by atoms with van der Waals surface area (Å²) in [4.78, 5) is 17.5. The molecule has 3 aromatic heterocycles. The van der Waals surface area contributed by atoms with Crippen molar-refractivity contribution in [3.63, 3.8) is 0 Å². The van der Waals surface area contributed by atoms with Gasteiger partial charge in [-0.25, -0.2) is 9.55 Å². The quantitative estimate of drug-likeness (QED) is 0.367. The zero-order chi connectivity index (χ0) is 22.4. The highest BCUT2D eigenvalue weighted by atomic mass is 32.2. The van der Waals surface area contributed by atoms with Gasteiger partial charge in [0.25, 0.3) is 5.56 Å². The molecule has 0 bridgehead atoms. The lowest BCUT2D eigenvalue weighted by atomic mass is 10.1. The van der Waals surface area contributed by atoms with E-state index in [1.165, 1.54) is 24.2 Å². The highest BCUT2D eigenvalue weighted by Gasteiger charge is 2.20. The summed E-state index contributed by atoms with van der Waals surface area (Å²) < 4.78 is 30.5. The number of thioether (sulfide) groups is 1.